The van der Waals surface area contributed by atoms with Crippen molar-refractivity contribution in [1.82, 2.24) is 9.55 Å². The Labute approximate surface area is 107 Å². The number of rotatable bonds is 6. The van der Waals surface area contributed by atoms with Crippen LogP contribution in [-0.2, 0) is 4.74 Å². The monoisotopic (exact) mass is 277 g/mol. The van der Waals surface area contributed by atoms with Crippen LogP contribution in [0.2, 0.25) is 0 Å². The van der Waals surface area contributed by atoms with E-state index in [1.807, 2.05) is 4.98 Å². The summed E-state index contributed by atoms with van der Waals surface area (Å²) in [6, 6.07) is 0.927. The van der Waals surface area contributed by atoms with E-state index in [0.29, 0.717) is 4.57 Å². The third-order valence-corrected chi connectivity index (χ3v) is 2.94. The van der Waals surface area contributed by atoms with Crippen molar-refractivity contribution in [3.8, 4) is 0 Å². The molecule has 0 saturated carbocycles. The van der Waals surface area contributed by atoms with Gasteiger partial charge < -0.3 is 20.7 Å². The van der Waals surface area contributed by atoms with Gasteiger partial charge in [0.1, 0.15) is 11.7 Å². The predicted molar refractivity (Wildman–Crippen MR) is 63.4 cm³/mol. The number of hydrogen-bond acceptors (Lipinski definition) is 6. The van der Waals surface area contributed by atoms with Gasteiger partial charge in [-0.1, -0.05) is 0 Å². The second-order valence-electron chi connectivity index (χ2n) is 3.97. The second kappa shape index (κ2) is 6.06. The van der Waals surface area contributed by atoms with E-state index in [2.05, 4.69) is 0 Å². The van der Waals surface area contributed by atoms with E-state index in [1.165, 1.54) is 0 Å². The molecule has 0 bridgehead atoms. The van der Waals surface area contributed by atoms with Crippen molar-refractivity contribution in [3.05, 3.63) is 33.1 Å². The lowest BCUT2D eigenvalue weighted by atomic mass is 9.96. The first-order chi connectivity index (χ1) is 8.91. The minimum atomic E-state index is -2.24. The molecule has 5 N–H and O–H groups in total. The number of H-pyrrole nitrogens is 1. The number of methoxy groups -OCH3 is 1. The van der Waals surface area contributed by atoms with E-state index in [-0.39, 0.29) is 6.54 Å². The van der Waals surface area contributed by atoms with Gasteiger partial charge in [0, 0.05) is 25.9 Å². The van der Waals surface area contributed by atoms with Gasteiger partial charge in [0.15, 0.2) is 0 Å². The molecule has 0 saturated heterocycles. The van der Waals surface area contributed by atoms with E-state index < -0.39 is 35.9 Å². The van der Waals surface area contributed by atoms with Gasteiger partial charge in [0.25, 0.3) is 5.56 Å². The number of aromatic nitrogens is 2. The summed E-state index contributed by atoms with van der Waals surface area (Å²) in [5.74, 6) is 0. The SMILES string of the molecule is CO[C@](CN)(CO)[C@@H](O)[C@@H](F)n1ccc(=O)[nH]c1=O. The number of halogens is 1. The molecule has 0 fully saturated rings. The van der Waals surface area contributed by atoms with Crippen LogP contribution in [0.4, 0.5) is 4.39 Å². The fourth-order valence-electron chi connectivity index (χ4n) is 1.57. The average Bonchev–Trinajstić information content (AvgIpc) is 2.40. The van der Waals surface area contributed by atoms with Gasteiger partial charge in [-0.05, 0) is 0 Å². The van der Waals surface area contributed by atoms with Crippen molar-refractivity contribution >= 4 is 0 Å². The molecule has 9 heteroatoms. The number of alkyl halides is 1. The third-order valence-electron chi connectivity index (χ3n) is 2.94. The molecule has 1 aromatic heterocycles. The maximum atomic E-state index is 14.1. The molecule has 0 aliphatic carbocycles. The van der Waals surface area contributed by atoms with Crippen LogP contribution in [0.25, 0.3) is 0 Å². The number of nitrogens with one attached hydrogen (secondary N) is 1. The zero-order chi connectivity index (χ0) is 14.6. The second-order valence-corrected chi connectivity index (χ2v) is 3.97. The number of aromatic amines is 1. The van der Waals surface area contributed by atoms with Crippen LogP contribution in [0.15, 0.2) is 21.9 Å². The van der Waals surface area contributed by atoms with E-state index in [9.17, 15) is 24.2 Å². The molecule has 0 amide bonds. The van der Waals surface area contributed by atoms with Crippen LogP contribution in [0.3, 0.4) is 0 Å². The molecule has 19 heavy (non-hydrogen) atoms. The number of ether oxygens (including phenoxy) is 1. The van der Waals surface area contributed by atoms with Gasteiger partial charge in [0.05, 0.1) is 6.61 Å². The Bertz CT molecular complexity index is 516. The van der Waals surface area contributed by atoms with Gasteiger partial charge in [-0.2, -0.15) is 0 Å². The summed E-state index contributed by atoms with van der Waals surface area (Å²) in [5, 5.41) is 19.1. The summed E-state index contributed by atoms with van der Waals surface area (Å²) in [6.45, 7) is -1.10. The summed E-state index contributed by atoms with van der Waals surface area (Å²) >= 11 is 0. The zero-order valence-electron chi connectivity index (χ0n) is 10.2. The molecule has 0 aliphatic heterocycles. The largest absolute Gasteiger partial charge is 0.393 e. The van der Waals surface area contributed by atoms with Crippen molar-refractivity contribution < 1.29 is 19.3 Å². The minimum absolute atomic E-state index is 0.361. The maximum absolute atomic E-state index is 14.1. The Morgan fingerprint density at radius 2 is 2.26 bits per heavy atom. The highest BCUT2D eigenvalue weighted by Gasteiger charge is 2.42. The molecule has 0 aliphatic rings. The fraction of sp³-hybridized carbons (Fsp3) is 0.600. The first-order valence-electron chi connectivity index (χ1n) is 5.41. The van der Waals surface area contributed by atoms with Gasteiger partial charge >= 0.3 is 5.69 Å². The van der Waals surface area contributed by atoms with Crippen LogP contribution in [-0.4, -0.2) is 51.7 Å². The van der Waals surface area contributed by atoms with Gasteiger partial charge in [0.2, 0.25) is 6.30 Å². The Morgan fingerprint density at radius 1 is 1.63 bits per heavy atom. The van der Waals surface area contributed by atoms with E-state index >= 15 is 0 Å². The molecule has 1 heterocycles. The Kier molecular flexibility index (Phi) is 4.95. The summed E-state index contributed by atoms with van der Waals surface area (Å²) in [4.78, 5) is 24.1. The summed E-state index contributed by atoms with van der Waals surface area (Å²) in [5.41, 5.74) is 1.89. The fourth-order valence-corrected chi connectivity index (χ4v) is 1.57. The van der Waals surface area contributed by atoms with Gasteiger partial charge in [-0.25, -0.2) is 9.18 Å². The highest BCUT2D eigenvalue weighted by atomic mass is 19.1. The maximum Gasteiger partial charge on any atom is 0.330 e. The van der Waals surface area contributed by atoms with Gasteiger partial charge in [-0.15, -0.1) is 0 Å². The molecule has 108 valence electrons. The van der Waals surface area contributed by atoms with Crippen molar-refractivity contribution in [2.45, 2.75) is 18.0 Å². The number of aliphatic hydroxyl groups excluding tert-OH is 2. The number of aliphatic hydroxyl groups is 2. The molecule has 3 atom stereocenters. The van der Waals surface area contributed by atoms with Crippen molar-refractivity contribution in [2.75, 3.05) is 20.3 Å². The Morgan fingerprint density at radius 3 is 2.68 bits per heavy atom. The molecular formula is C10H16FN3O5. The molecule has 0 spiro atoms. The van der Waals surface area contributed by atoms with Crippen LogP contribution < -0.4 is 17.0 Å². The van der Waals surface area contributed by atoms with Crippen LogP contribution in [0.5, 0.6) is 0 Å². The predicted octanol–water partition coefficient (Wildman–Crippen LogP) is -2.30. The first-order valence-corrected chi connectivity index (χ1v) is 5.41. The number of hydrogen-bond donors (Lipinski definition) is 4. The highest BCUT2D eigenvalue weighted by molar-refractivity contribution is 4.94. The van der Waals surface area contributed by atoms with Crippen molar-refractivity contribution in [2.24, 2.45) is 5.73 Å². The average molecular weight is 277 g/mol. The summed E-state index contributed by atoms with van der Waals surface area (Å²) in [6.07, 6.45) is -3.24. The van der Waals surface area contributed by atoms with Gasteiger partial charge in [-0.3, -0.25) is 14.3 Å². The Balaban J connectivity index is 3.14. The standard InChI is InChI=1S/C10H16FN3O5/c1-19-10(4-12,5-15)7(17)8(11)14-3-2-6(16)13-9(14)18/h2-3,7-8,15,17H,4-5,12H2,1H3,(H,13,16,18)/t7-,8-,10+/m0/s1. The van der Waals surface area contributed by atoms with Crippen molar-refractivity contribution in [3.63, 3.8) is 0 Å². The normalized spacial score (nSPS) is 17.7. The van der Waals surface area contributed by atoms with E-state index in [4.69, 9.17) is 10.5 Å². The zero-order valence-corrected chi connectivity index (χ0v) is 10.2. The lowest BCUT2D eigenvalue weighted by Gasteiger charge is -2.35. The van der Waals surface area contributed by atoms with Crippen LogP contribution in [0, 0.1) is 0 Å². The smallest absolute Gasteiger partial charge is 0.330 e. The third kappa shape index (κ3) is 2.89. The lowest BCUT2D eigenvalue weighted by molar-refractivity contribution is -0.158. The minimum Gasteiger partial charge on any atom is -0.393 e. The molecule has 1 aromatic rings. The lowest BCUT2D eigenvalue weighted by Crippen LogP contribution is -2.56. The summed E-state index contributed by atoms with van der Waals surface area (Å²) in [7, 11) is 1.15. The first kappa shape index (κ1) is 15.5. The molecular weight excluding hydrogens is 261 g/mol. The highest BCUT2D eigenvalue weighted by Crippen LogP contribution is 2.24. The van der Waals surface area contributed by atoms with E-state index in [1.54, 1.807) is 0 Å². The quantitative estimate of drug-likeness (QED) is 0.462. The van der Waals surface area contributed by atoms with Crippen LogP contribution in [0.1, 0.15) is 6.30 Å². The number of nitrogens with two attached hydrogens (primary N) is 1. The molecule has 8 nitrogen and oxygen atoms in total. The topological polar surface area (TPSA) is 131 Å². The molecule has 0 aromatic carbocycles. The Hall–Kier alpha value is -1.55. The van der Waals surface area contributed by atoms with Crippen molar-refractivity contribution in [1.29, 1.82) is 0 Å². The molecule has 1 rings (SSSR count). The van der Waals surface area contributed by atoms with Crippen LogP contribution >= 0.6 is 0 Å². The number of nitrogens with zero attached hydrogens (tertiary/aromatic N) is 1. The molecule has 0 radical (unpaired) electrons. The molecule has 0 unspecified atom stereocenters. The van der Waals surface area contributed by atoms with E-state index in [0.717, 1.165) is 19.4 Å². The summed E-state index contributed by atoms with van der Waals surface area (Å²) < 4.78 is 19.5.